The monoisotopic (exact) mass is 276 g/mol. The maximum atomic E-state index is 6.08. The molecule has 1 saturated carbocycles. The molecule has 1 saturated heterocycles. The first-order valence-corrected chi connectivity index (χ1v) is 7.70. The molecule has 0 radical (unpaired) electrons. The largest absolute Gasteiger partial charge is 0.498 e. The summed E-state index contributed by atoms with van der Waals surface area (Å²) in [4.78, 5) is 0. The quantitative estimate of drug-likeness (QED) is 0.779. The lowest BCUT2D eigenvalue weighted by molar-refractivity contribution is 0.00578. The van der Waals surface area contributed by atoms with E-state index < -0.39 is 0 Å². The van der Waals surface area contributed by atoms with E-state index >= 15 is 0 Å². The highest BCUT2D eigenvalue weighted by molar-refractivity contribution is 6.61. The molecule has 3 rings (SSSR count). The van der Waals surface area contributed by atoms with Crippen molar-refractivity contribution in [1.29, 1.82) is 0 Å². The molecule has 2 fully saturated rings. The summed E-state index contributed by atoms with van der Waals surface area (Å²) in [5.41, 5.74) is 0.448. The maximum absolute atomic E-state index is 6.08. The molecule has 0 unspecified atom stereocenters. The third-order valence-electron chi connectivity index (χ3n) is 5.30. The van der Waals surface area contributed by atoms with Crippen LogP contribution in [0.1, 0.15) is 59.9 Å². The second kappa shape index (κ2) is 4.60. The summed E-state index contributed by atoms with van der Waals surface area (Å²) >= 11 is 0. The van der Waals surface area contributed by atoms with Crippen molar-refractivity contribution in [2.75, 3.05) is 0 Å². The fourth-order valence-corrected chi connectivity index (χ4v) is 3.15. The predicted molar refractivity (Wildman–Crippen MR) is 80.0 cm³/mol. The Bertz CT molecular complexity index is 482. The van der Waals surface area contributed by atoms with Crippen LogP contribution >= 0.6 is 0 Å². The molecule has 4 nitrogen and oxygen atoms in total. The molecule has 1 aliphatic heterocycles. The number of hydrogen-bond donors (Lipinski definition) is 0. The molecule has 110 valence electrons. The van der Waals surface area contributed by atoms with Crippen molar-refractivity contribution in [3.63, 3.8) is 0 Å². The molecule has 5 heteroatoms. The highest BCUT2D eigenvalue weighted by atomic mass is 16.7. The lowest BCUT2D eigenvalue weighted by Crippen LogP contribution is -2.41. The van der Waals surface area contributed by atoms with Gasteiger partial charge in [0, 0.05) is 17.9 Å². The Hall–Kier alpha value is -0.805. The minimum atomic E-state index is -0.301. The van der Waals surface area contributed by atoms with Crippen molar-refractivity contribution in [2.45, 2.75) is 71.1 Å². The van der Waals surface area contributed by atoms with Crippen molar-refractivity contribution in [3.05, 3.63) is 12.4 Å². The van der Waals surface area contributed by atoms with Gasteiger partial charge in [-0.1, -0.05) is 13.3 Å². The smallest absolute Gasteiger partial charge is 0.399 e. The van der Waals surface area contributed by atoms with E-state index in [0.29, 0.717) is 12.0 Å². The van der Waals surface area contributed by atoms with E-state index in [4.69, 9.17) is 9.31 Å². The van der Waals surface area contributed by atoms with Crippen molar-refractivity contribution < 1.29 is 9.31 Å². The van der Waals surface area contributed by atoms with Crippen LogP contribution in [0.25, 0.3) is 0 Å². The lowest BCUT2D eigenvalue weighted by Gasteiger charge is -2.32. The maximum Gasteiger partial charge on any atom is 0.498 e. The van der Waals surface area contributed by atoms with E-state index in [9.17, 15) is 0 Å². The Morgan fingerprint density at radius 1 is 1.20 bits per heavy atom. The zero-order valence-electron chi connectivity index (χ0n) is 13.2. The number of hydrogen-bond acceptors (Lipinski definition) is 3. The highest BCUT2D eigenvalue weighted by Gasteiger charge is 2.52. The molecule has 1 aromatic rings. The van der Waals surface area contributed by atoms with Crippen LogP contribution in [-0.4, -0.2) is 28.1 Å². The van der Waals surface area contributed by atoms with E-state index in [-0.39, 0.29) is 18.3 Å². The minimum absolute atomic E-state index is 0.291. The molecule has 1 aliphatic carbocycles. The van der Waals surface area contributed by atoms with Crippen LogP contribution in [-0.2, 0) is 9.31 Å². The summed E-state index contributed by atoms with van der Waals surface area (Å²) in [5, 5.41) is 4.55. The number of aromatic nitrogens is 2. The first-order valence-electron chi connectivity index (χ1n) is 7.70. The summed E-state index contributed by atoms with van der Waals surface area (Å²) in [6.45, 7) is 10.6. The molecule has 0 aromatic carbocycles. The van der Waals surface area contributed by atoms with Gasteiger partial charge in [0.2, 0.25) is 0 Å². The summed E-state index contributed by atoms with van der Waals surface area (Å²) < 4.78 is 14.3. The summed E-state index contributed by atoms with van der Waals surface area (Å²) in [7, 11) is -0.301. The first kappa shape index (κ1) is 14.1. The van der Waals surface area contributed by atoms with Gasteiger partial charge < -0.3 is 9.31 Å². The van der Waals surface area contributed by atoms with E-state index in [2.05, 4.69) is 50.6 Å². The molecule has 0 spiro atoms. The van der Waals surface area contributed by atoms with Crippen LogP contribution in [0.3, 0.4) is 0 Å². The Morgan fingerprint density at radius 2 is 1.85 bits per heavy atom. The number of nitrogens with zero attached hydrogens (tertiary/aromatic N) is 2. The van der Waals surface area contributed by atoms with Crippen LogP contribution in [0, 0.1) is 5.92 Å². The standard InChI is InChI=1S/C15H25BN2O2/c1-11-7-6-8-13(11)18-10-12(9-17-18)16-19-14(2,3)15(4,5)20-16/h9-11,13H,6-8H2,1-5H3/t11-,13+/m0/s1. The molecule has 1 aromatic heterocycles. The third-order valence-corrected chi connectivity index (χ3v) is 5.30. The Kier molecular flexibility index (Phi) is 3.25. The second-order valence-electron chi connectivity index (χ2n) is 7.32. The van der Waals surface area contributed by atoms with Gasteiger partial charge in [0.1, 0.15) is 0 Å². The molecular weight excluding hydrogens is 251 g/mol. The average molecular weight is 276 g/mol. The second-order valence-corrected chi connectivity index (χ2v) is 7.32. The van der Waals surface area contributed by atoms with Gasteiger partial charge in [-0.25, -0.2) is 0 Å². The fourth-order valence-electron chi connectivity index (χ4n) is 3.15. The van der Waals surface area contributed by atoms with Gasteiger partial charge in [0.25, 0.3) is 0 Å². The lowest BCUT2D eigenvalue weighted by atomic mass is 9.82. The molecule has 2 aliphatic rings. The van der Waals surface area contributed by atoms with Crippen molar-refractivity contribution in [1.82, 2.24) is 9.78 Å². The fraction of sp³-hybridized carbons (Fsp3) is 0.800. The molecule has 0 bridgehead atoms. The van der Waals surface area contributed by atoms with Gasteiger partial charge in [0.05, 0.1) is 17.2 Å². The van der Waals surface area contributed by atoms with Gasteiger partial charge in [-0.05, 0) is 46.5 Å². The number of rotatable bonds is 2. The van der Waals surface area contributed by atoms with Crippen molar-refractivity contribution >= 4 is 12.6 Å². The Morgan fingerprint density at radius 3 is 2.40 bits per heavy atom. The Balaban J connectivity index is 1.78. The predicted octanol–water partition coefficient (Wildman–Crippen LogP) is 2.54. The zero-order chi connectivity index (χ0) is 14.5. The first-order chi connectivity index (χ1) is 9.30. The molecule has 2 heterocycles. The van der Waals surface area contributed by atoms with E-state index in [1.165, 1.54) is 19.3 Å². The molecule has 20 heavy (non-hydrogen) atoms. The van der Waals surface area contributed by atoms with Crippen LogP contribution in [0.15, 0.2) is 12.4 Å². The van der Waals surface area contributed by atoms with Gasteiger partial charge in [-0.3, -0.25) is 4.68 Å². The topological polar surface area (TPSA) is 36.3 Å². The van der Waals surface area contributed by atoms with Crippen LogP contribution in [0.4, 0.5) is 0 Å². The normalized spacial score (nSPS) is 31.9. The molecule has 2 atom stereocenters. The van der Waals surface area contributed by atoms with E-state index in [0.717, 1.165) is 5.46 Å². The van der Waals surface area contributed by atoms with E-state index in [1.807, 2.05) is 6.20 Å². The molecule has 0 N–H and O–H groups in total. The molecular formula is C15H25BN2O2. The average Bonchev–Trinajstić information content (AvgIpc) is 2.98. The zero-order valence-corrected chi connectivity index (χ0v) is 13.2. The van der Waals surface area contributed by atoms with Crippen molar-refractivity contribution in [2.24, 2.45) is 5.92 Å². The van der Waals surface area contributed by atoms with Crippen LogP contribution < -0.4 is 5.46 Å². The summed E-state index contributed by atoms with van der Waals surface area (Å²) in [6.07, 6.45) is 7.83. The van der Waals surface area contributed by atoms with Gasteiger partial charge in [0.15, 0.2) is 0 Å². The van der Waals surface area contributed by atoms with Gasteiger partial charge in [-0.2, -0.15) is 5.10 Å². The van der Waals surface area contributed by atoms with Crippen molar-refractivity contribution in [3.8, 4) is 0 Å². The third kappa shape index (κ3) is 2.21. The van der Waals surface area contributed by atoms with Gasteiger partial charge >= 0.3 is 7.12 Å². The van der Waals surface area contributed by atoms with Crippen LogP contribution in [0.2, 0.25) is 0 Å². The summed E-state index contributed by atoms with van der Waals surface area (Å²) in [6, 6.07) is 0.533. The van der Waals surface area contributed by atoms with Gasteiger partial charge in [-0.15, -0.1) is 0 Å². The SMILES string of the molecule is C[C@H]1CCC[C@H]1n1cc(B2OC(C)(C)C(C)(C)O2)cn1. The highest BCUT2D eigenvalue weighted by Crippen LogP contribution is 2.37. The molecule has 0 amide bonds. The Labute approximate surface area is 122 Å². The summed E-state index contributed by atoms with van der Waals surface area (Å²) in [5.74, 6) is 0.709. The van der Waals surface area contributed by atoms with Crippen LogP contribution in [0.5, 0.6) is 0 Å². The minimum Gasteiger partial charge on any atom is -0.399 e. The van der Waals surface area contributed by atoms with E-state index in [1.54, 1.807) is 0 Å².